The van der Waals surface area contributed by atoms with Crippen molar-refractivity contribution < 1.29 is 4.39 Å². The quantitative estimate of drug-likeness (QED) is 0.851. The molecule has 0 saturated heterocycles. The molecule has 2 aromatic rings. The number of anilines is 2. The van der Waals surface area contributed by atoms with Crippen LogP contribution in [0.3, 0.4) is 0 Å². The van der Waals surface area contributed by atoms with Crippen LogP contribution in [-0.4, -0.2) is 13.1 Å². The van der Waals surface area contributed by atoms with Gasteiger partial charge in [0.05, 0.1) is 5.69 Å². The molecule has 2 rings (SSSR count). The second-order valence-corrected chi connectivity index (χ2v) is 6.01. The molecule has 0 spiro atoms. The second kappa shape index (κ2) is 7.05. The van der Waals surface area contributed by atoms with Crippen molar-refractivity contribution in [3.8, 4) is 0 Å². The SMILES string of the molecule is CCC(N)Cc1ccc(N(C)c2ccccc2F)cc1Br. The lowest BCUT2D eigenvalue weighted by Crippen LogP contribution is -2.21. The molecule has 0 fully saturated rings. The third kappa shape index (κ3) is 3.83. The van der Waals surface area contributed by atoms with E-state index in [2.05, 4.69) is 22.9 Å². The Morgan fingerprint density at radius 1 is 1.24 bits per heavy atom. The lowest BCUT2D eigenvalue weighted by atomic mass is 10.0. The molecule has 0 radical (unpaired) electrons. The summed E-state index contributed by atoms with van der Waals surface area (Å²) in [4.78, 5) is 1.84. The highest BCUT2D eigenvalue weighted by Crippen LogP contribution is 2.30. The van der Waals surface area contributed by atoms with Crippen molar-refractivity contribution in [1.29, 1.82) is 0 Å². The summed E-state index contributed by atoms with van der Waals surface area (Å²) in [6.45, 7) is 2.08. The maximum Gasteiger partial charge on any atom is 0.146 e. The van der Waals surface area contributed by atoms with Crippen molar-refractivity contribution in [2.45, 2.75) is 25.8 Å². The molecule has 0 saturated carbocycles. The predicted molar refractivity (Wildman–Crippen MR) is 90.6 cm³/mol. The van der Waals surface area contributed by atoms with E-state index in [1.54, 1.807) is 12.1 Å². The average Bonchev–Trinajstić information content (AvgIpc) is 2.49. The van der Waals surface area contributed by atoms with Gasteiger partial charge in [0.15, 0.2) is 0 Å². The number of nitrogens with zero attached hydrogens (tertiary/aromatic N) is 1. The Labute approximate surface area is 133 Å². The van der Waals surface area contributed by atoms with Crippen molar-refractivity contribution in [1.82, 2.24) is 0 Å². The fraction of sp³-hybridized carbons (Fsp3) is 0.294. The molecular formula is C17H20BrFN2. The van der Waals surface area contributed by atoms with Gasteiger partial charge in [-0.3, -0.25) is 0 Å². The van der Waals surface area contributed by atoms with Crippen LogP contribution < -0.4 is 10.6 Å². The first-order valence-corrected chi connectivity index (χ1v) is 7.84. The van der Waals surface area contributed by atoms with Gasteiger partial charge in [0.1, 0.15) is 5.82 Å². The minimum absolute atomic E-state index is 0.163. The smallest absolute Gasteiger partial charge is 0.146 e. The normalized spacial score (nSPS) is 12.2. The fourth-order valence-electron chi connectivity index (χ4n) is 2.20. The molecule has 21 heavy (non-hydrogen) atoms. The fourth-order valence-corrected chi connectivity index (χ4v) is 2.73. The van der Waals surface area contributed by atoms with Crippen LogP contribution in [-0.2, 0) is 6.42 Å². The molecule has 2 N–H and O–H groups in total. The molecule has 0 amide bonds. The number of hydrogen-bond acceptors (Lipinski definition) is 2. The second-order valence-electron chi connectivity index (χ2n) is 5.16. The van der Waals surface area contributed by atoms with Crippen molar-refractivity contribution in [2.75, 3.05) is 11.9 Å². The minimum Gasteiger partial charge on any atom is -0.342 e. The van der Waals surface area contributed by atoms with Crippen LogP contribution in [0.5, 0.6) is 0 Å². The summed E-state index contributed by atoms with van der Waals surface area (Å²) >= 11 is 3.59. The van der Waals surface area contributed by atoms with Gasteiger partial charge < -0.3 is 10.6 Å². The van der Waals surface area contributed by atoms with Crippen LogP contribution in [0.2, 0.25) is 0 Å². The van der Waals surface area contributed by atoms with Gasteiger partial charge >= 0.3 is 0 Å². The molecule has 0 aliphatic rings. The van der Waals surface area contributed by atoms with Crippen LogP contribution in [0.4, 0.5) is 15.8 Å². The molecule has 0 aliphatic carbocycles. The summed E-state index contributed by atoms with van der Waals surface area (Å²) in [7, 11) is 1.86. The van der Waals surface area contributed by atoms with Gasteiger partial charge in [0.2, 0.25) is 0 Å². The Balaban J connectivity index is 2.26. The van der Waals surface area contributed by atoms with Crippen LogP contribution in [0.25, 0.3) is 0 Å². The summed E-state index contributed by atoms with van der Waals surface area (Å²) in [6.07, 6.45) is 1.78. The van der Waals surface area contributed by atoms with Crippen molar-refractivity contribution in [3.63, 3.8) is 0 Å². The zero-order valence-electron chi connectivity index (χ0n) is 12.3. The first-order valence-electron chi connectivity index (χ1n) is 7.05. The minimum atomic E-state index is -0.229. The Kier molecular flexibility index (Phi) is 5.37. The van der Waals surface area contributed by atoms with E-state index < -0.39 is 0 Å². The maximum atomic E-state index is 13.9. The van der Waals surface area contributed by atoms with E-state index >= 15 is 0 Å². The summed E-state index contributed by atoms with van der Waals surface area (Å²) in [5.74, 6) is -0.229. The van der Waals surface area contributed by atoms with Gasteiger partial charge in [-0.25, -0.2) is 4.39 Å². The maximum absolute atomic E-state index is 13.9. The molecule has 4 heteroatoms. The van der Waals surface area contributed by atoms with E-state index in [0.717, 1.165) is 23.0 Å². The molecule has 0 heterocycles. The zero-order valence-corrected chi connectivity index (χ0v) is 13.9. The number of para-hydroxylation sites is 1. The Morgan fingerprint density at radius 3 is 2.57 bits per heavy atom. The Hall–Kier alpha value is -1.39. The topological polar surface area (TPSA) is 29.3 Å². The van der Waals surface area contributed by atoms with Crippen LogP contribution in [0.1, 0.15) is 18.9 Å². The number of rotatable bonds is 5. The molecule has 0 aromatic heterocycles. The summed E-state index contributed by atoms with van der Waals surface area (Å²) in [5, 5.41) is 0. The standard InChI is InChI=1S/C17H20BrFN2/c1-3-13(20)10-12-8-9-14(11-15(12)18)21(2)17-7-5-4-6-16(17)19/h4-9,11,13H,3,10,20H2,1-2H3. The van der Waals surface area contributed by atoms with Gasteiger partial charge in [-0.05, 0) is 42.7 Å². The summed E-state index contributed by atoms with van der Waals surface area (Å²) < 4.78 is 14.9. The number of benzene rings is 2. The average molecular weight is 351 g/mol. The van der Waals surface area contributed by atoms with Crippen molar-refractivity contribution in [3.05, 3.63) is 58.3 Å². The molecular weight excluding hydrogens is 331 g/mol. The lowest BCUT2D eigenvalue weighted by molar-refractivity contribution is 0.627. The van der Waals surface area contributed by atoms with Gasteiger partial charge in [-0.2, -0.15) is 0 Å². The third-order valence-corrected chi connectivity index (χ3v) is 4.38. The molecule has 2 nitrogen and oxygen atoms in total. The number of hydrogen-bond donors (Lipinski definition) is 1. The van der Waals surface area contributed by atoms with Crippen molar-refractivity contribution >= 4 is 27.3 Å². The monoisotopic (exact) mass is 350 g/mol. The van der Waals surface area contributed by atoms with Crippen LogP contribution >= 0.6 is 15.9 Å². The van der Waals surface area contributed by atoms with Gasteiger partial charge in [0, 0.05) is 23.2 Å². The van der Waals surface area contributed by atoms with Gasteiger partial charge in [-0.1, -0.05) is 41.1 Å². The first-order chi connectivity index (χ1) is 10.0. The number of halogens is 2. The van der Waals surface area contributed by atoms with Crippen molar-refractivity contribution in [2.24, 2.45) is 5.73 Å². The third-order valence-electron chi connectivity index (χ3n) is 3.64. The molecule has 2 aromatic carbocycles. The van der Waals surface area contributed by atoms with Crippen LogP contribution in [0.15, 0.2) is 46.9 Å². The number of nitrogens with two attached hydrogens (primary N) is 1. The molecule has 112 valence electrons. The Bertz CT molecular complexity index is 615. The largest absolute Gasteiger partial charge is 0.342 e. The highest BCUT2D eigenvalue weighted by Gasteiger charge is 2.11. The first kappa shape index (κ1) is 16.0. The van der Waals surface area contributed by atoms with E-state index in [9.17, 15) is 4.39 Å². The molecule has 1 atom stereocenters. The van der Waals surface area contributed by atoms with Gasteiger partial charge in [0.25, 0.3) is 0 Å². The lowest BCUT2D eigenvalue weighted by Gasteiger charge is -2.21. The Morgan fingerprint density at radius 2 is 1.95 bits per heavy atom. The molecule has 0 bridgehead atoms. The van der Waals surface area contributed by atoms with Crippen LogP contribution in [0, 0.1) is 5.82 Å². The van der Waals surface area contributed by atoms with E-state index in [1.807, 2.05) is 36.2 Å². The predicted octanol–water partition coefficient (Wildman–Crippen LogP) is 4.64. The zero-order chi connectivity index (χ0) is 15.4. The highest BCUT2D eigenvalue weighted by molar-refractivity contribution is 9.10. The van der Waals surface area contributed by atoms with Gasteiger partial charge in [-0.15, -0.1) is 0 Å². The summed E-state index contributed by atoms with van der Waals surface area (Å²) in [6, 6.07) is 13.0. The van der Waals surface area contributed by atoms with E-state index in [4.69, 9.17) is 5.73 Å². The summed E-state index contributed by atoms with van der Waals surface area (Å²) in [5.41, 5.74) is 8.67. The van der Waals surface area contributed by atoms with E-state index in [1.165, 1.54) is 11.6 Å². The van der Waals surface area contributed by atoms with E-state index in [0.29, 0.717) is 5.69 Å². The molecule has 0 aliphatic heterocycles. The molecule has 1 unspecified atom stereocenters. The highest BCUT2D eigenvalue weighted by atomic mass is 79.9. The van der Waals surface area contributed by atoms with E-state index in [-0.39, 0.29) is 11.9 Å².